The van der Waals surface area contributed by atoms with Gasteiger partial charge in [-0.15, -0.1) is 0 Å². The molecule has 3 aromatic rings. The summed E-state index contributed by atoms with van der Waals surface area (Å²) in [5.41, 5.74) is 0. The van der Waals surface area contributed by atoms with Crippen LogP contribution in [-0.2, 0) is 10.0 Å². The van der Waals surface area contributed by atoms with Crippen molar-refractivity contribution in [3.8, 4) is 17.2 Å². The second-order valence-electron chi connectivity index (χ2n) is 5.44. The number of nitrogens with one attached hydrogen (secondary N) is 1. The van der Waals surface area contributed by atoms with Gasteiger partial charge in [-0.05, 0) is 31.2 Å². The number of aryl methyl sites for hydroxylation is 1. The standard InChI is InChI=1S/C18H16ClN3O4S/c1-12-20-17(19)16(26-14-8-6-7-13(11-14)25-2)18(21-12)22-27(23,24)15-9-4-3-5-10-15/h3-11H,1-2H3,(H,20,21,22). The van der Waals surface area contributed by atoms with Gasteiger partial charge in [0.2, 0.25) is 5.75 Å². The van der Waals surface area contributed by atoms with E-state index in [1.54, 1.807) is 49.4 Å². The van der Waals surface area contributed by atoms with Crippen LogP contribution in [0.4, 0.5) is 5.82 Å². The van der Waals surface area contributed by atoms with Gasteiger partial charge in [-0.25, -0.2) is 18.4 Å². The summed E-state index contributed by atoms with van der Waals surface area (Å²) in [6, 6.07) is 14.7. The third-order valence-corrected chi connectivity index (χ3v) is 5.09. The number of benzene rings is 2. The predicted octanol–water partition coefficient (Wildman–Crippen LogP) is 4.04. The molecule has 0 aliphatic carbocycles. The summed E-state index contributed by atoms with van der Waals surface area (Å²) >= 11 is 6.19. The van der Waals surface area contributed by atoms with Crippen molar-refractivity contribution in [3.63, 3.8) is 0 Å². The number of hydrogen-bond acceptors (Lipinski definition) is 6. The van der Waals surface area contributed by atoms with Crippen molar-refractivity contribution in [2.75, 3.05) is 11.8 Å². The zero-order valence-electron chi connectivity index (χ0n) is 14.5. The summed E-state index contributed by atoms with van der Waals surface area (Å²) < 4.78 is 38.6. The number of aromatic nitrogens is 2. The van der Waals surface area contributed by atoms with Crippen LogP contribution in [-0.4, -0.2) is 25.5 Å². The minimum absolute atomic E-state index is 0.00461. The van der Waals surface area contributed by atoms with Gasteiger partial charge in [0, 0.05) is 6.07 Å². The normalized spacial score (nSPS) is 11.1. The van der Waals surface area contributed by atoms with Crippen LogP contribution in [0.15, 0.2) is 59.5 Å². The van der Waals surface area contributed by atoms with Gasteiger partial charge in [-0.3, -0.25) is 4.72 Å². The zero-order valence-corrected chi connectivity index (χ0v) is 16.1. The summed E-state index contributed by atoms with van der Waals surface area (Å²) in [5.74, 6) is 1.20. The van der Waals surface area contributed by atoms with E-state index in [1.165, 1.54) is 19.2 Å². The second kappa shape index (κ2) is 7.81. The first-order chi connectivity index (χ1) is 12.9. The predicted molar refractivity (Wildman–Crippen MR) is 102 cm³/mol. The highest BCUT2D eigenvalue weighted by Gasteiger charge is 2.21. The molecule has 0 saturated carbocycles. The quantitative estimate of drug-likeness (QED) is 0.622. The highest BCUT2D eigenvalue weighted by atomic mass is 35.5. The van der Waals surface area contributed by atoms with Gasteiger partial charge in [0.1, 0.15) is 17.3 Å². The van der Waals surface area contributed by atoms with Gasteiger partial charge in [-0.1, -0.05) is 35.9 Å². The van der Waals surface area contributed by atoms with E-state index in [0.29, 0.717) is 17.3 Å². The molecule has 0 radical (unpaired) electrons. The zero-order chi connectivity index (χ0) is 19.4. The molecule has 9 heteroatoms. The van der Waals surface area contributed by atoms with E-state index in [9.17, 15) is 8.42 Å². The van der Waals surface area contributed by atoms with Gasteiger partial charge in [0.25, 0.3) is 10.0 Å². The van der Waals surface area contributed by atoms with E-state index in [-0.39, 0.29) is 21.6 Å². The Bertz CT molecular complexity index is 1060. The molecule has 3 rings (SSSR count). The van der Waals surface area contributed by atoms with Crippen LogP contribution < -0.4 is 14.2 Å². The molecule has 0 saturated heterocycles. The number of hydrogen-bond donors (Lipinski definition) is 1. The Labute approximate surface area is 162 Å². The molecule has 0 amide bonds. The first kappa shape index (κ1) is 18.9. The van der Waals surface area contributed by atoms with Crippen LogP contribution in [0.1, 0.15) is 5.82 Å². The van der Waals surface area contributed by atoms with Crippen LogP contribution in [0, 0.1) is 6.92 Å². The van der Waals surface area contributed by atoms with E-state index >= 15 is 0 Å². The molecule has 1 heterocycles. The van der Waals surface area contributed by atoms with Gasteiger partial charge < -0.3 is 9.47 Å². The number of nitrogens with zero attached hydrogens (tertiary/aromatic N) is 2. The summed E-state index contributed by atoms with van der Waals surface area (Å²) in [5, 5.41) is -0.0175. The van der Waals surface area contributed by atoms with Gasteiger partial charge >= 0.3 is 0 Å². The minimum atomic E-state index is -3.88. The van der Waals surface area contributed by atoms with Crippen molar-refractivity contribution in [1.82, 2.24) is 9.97 Å². The molecule has 0 fully saturated rings. The summed E-state index contributed by atoms with van der Waals surface area (Å²) in [4.78, 5) is 8.27. The SMILES string of the molecule is COc1cccc(Oc2c(Cl)nc(C)nc2NS(=O)(=O)c2ccccc2)c1. The average Bonchev–Trinajstić information content (AvgIpc) is 2.65. The Balaban J connectivity index is 2.00. The summed E-state index contributed by atoms with van der Waals surface area (Å²) in [6.07, 6.45) is 0. The van der Waals surface area contributed by atoms with Crippen molar-refractivity contribution < 1.29 is 17.9 Å². The smallest absolute Gasteiger partial charge is 0.263 e. The molecule has 0 bridgehead atoms. The maximum Gasteiger partial charge on any atom is 0.263 e. The second-order valence-corrected chi connectivity index (χ2v) is 7.48. The molecule has 0 aliphatic rings. The Hall–Kier alpha value is -2.84. The number of anilines is 1. The molecule has 140 valence electrons. The lowest BCUT2D eigenvalue weighted by molar-refractivity contribution is 0.409. The molecule has 27 heavy (non-hydrogen) atoms. The van der Waals surface area contributed by atoms with Crippen molar-refractivity contribution in [2.24, 2.45) is 0 Å². The first-order valence-corrected chi connectivity index (χ1v) is 9.69. The molecule has 0 spiro atoms. The van der Waals surface area contributed by atoms with Crippen molar-refractivity contribution >= 4 is 27.4 Å². The summed E-state index contributed by atoms with van der Waals surface area (Å²) in [7, 11) is -2.35. The maximum absolute atomic E-state index is 12.6. The van der Waals surface area contributed by atoms with E-state index in [4.69, 9.17) is 21.1 Å². The minimum Gasteiger partial charge on any atom is -0.497 e. The van der Waals surface area contributed by atoms with E-state index in [1.807, 2.05) is 0 Å². The van der Waals surface area contributed by atoms with E-state index < -0.39 is 10.0 Å². The first-order valence-electron chi connectivity index (χ1n) is 7.83. The molecule has 0 atom stereocenters. The van der Waals surface area contributed by atoms with Crippen molar-refractivity contribution in [3.05, 3.63) is 65.6 Å². The Morgan fingerprint density at radius 1 is 1.00 bits per heavy atom. The Morgan fingerprint density at radius 2 is 1.70 bits per heavy atom. The lowest BCUT2D eigenvalue weighted by Gasteiger charge is -2.14. The third kappa shape index (κ3) is 4.47. The highest BCUT2D eigenvalue weighted by molar-refractivity contribution is 7.92. The maximum atomic E-state index is 12.6. The number of methoxy groups -OCH3 is 1. The number of halogens is 1. The number of ether oxygens (including phenoxy) is 2. The molecule has 0 aliphatic heterocycles. The molecule has 1 N–H and O–H groups in total. The van der Waals surface area contributed by atoms with Crippen LogP contribution in [0.25, 0.3) is 0 Å². The monoisotopic (exact) mass is 405 g/mol. The van der Waals surface area contributed by atoms with Gasteiger partial charge in [-0.2, -0.15) is 0 Å². The Kier molecular flexibility index (Phi) is 5.48. The molecule has 1 aromatic heterocycles. The van der Waals surface area contributed by atoms with E-state index in [2.05, 4.69) is 14.7 Å². The number of rotatable bonds is 6. The summed E-state index contributed by atoms with van der Waals surface area (Å²) in [6.45, 7) is 1.60. The lowest BCUT2D eigenvalue weighted by atomic mass is 10.3. The van der Waals surface area contributed by atoms with Gasteiger partial charge in [0.15, 0.2) is 11.0 Å². The molecule has 0 unspecified atom stereocenters. The molecular formula is C18H16ClN3O4S. The molecule has 2 aromatic carbocycles. The van der Waals surface area contributed by atoms with Crippen LogP contribution in [0.5, 0.6) is 17.2 Å². The fraction of sp³-hybridized carbons (Fsp3) is 0.111. The molecular weight excluding hydrogens is 390 g/mol. The highest BCUT2D eigenvalue weighted by Crippen LogP contribution is 2.36. The Morgan fingerprint density at radius 3 is 2.41 bits per heavy atom. The number of sulfonamides is 1. The van der Waals surface area contributed by atoms with Crippen molar-refractivity contribution in [1.29, 1.82) is 0 Å². The van der Waals surface area contributed by atoms with E-state index in [0.717, 1.165) is 0 Å². The van der Waals surface area contributed by atoms with Crippen LogP contribution in [0.3, 0.4) is 0 Å². The fourth-order valence-electron chi connectivity index (χ4n) is 2.26. The van der Waals surface area contributed by atoms with Crippen LogP contribution >= 0.6 is 11.6 Å². The van der Waals surface area contributed by atoms with Crippen molar-refractivity contribution in [2.45, 2.75) is 11.8 Å². The van der Waals surface area contributed by atoms with Gasteiger partial charge in [0.05, 0.1) is 12.0 Å². The average molecular weight is 406 g/mol. The largest absolute Gasteiger partial charge is 0.497 e. The lowest BCUT2D eigenvalue weighted by Crippen LogP contribution is -2.15. The third-order valence-electron chi connectivity index (χ3n) is 3.48. The fourth-order valence-corrected chi connectivity index (χ4v) is 3.53. The topological polar surface area (TPSA) is 90.4 Å². The van der Waals surface area contributed by atoms with Crippen LogP contribution in [0.2, 0.25) is 5.15 Å². The molecule has 7 nitrogen and oxygen atoms in total.